The van der Waals surface area contributed by atoms with Gasteiger partial charge in [0.05, 0.1) is 18.6 Å². The molecule has 3 aromatic rings. The number of benzene rings is 2. The number of amides is 1. The Bertz CT molecular complexity index is 1220. The number of carbonyl (C=O) groups is 2. The average molecular weight is 466 g/mol. The highest BCUT2D eigenvalue weighted by Crippen LogP contribution is 2.54. The van der Waals surface area contributed by atoms with Gasteiger partial charge in [0.2, 0.25) is 0 Å². The number of thiophene rings is 1. The van der Waals surface area contributed by atoms with Crippen molar-refractivity contribution in [2.75, 3.05) is 26.3 Å². The minimum Gasteiger partial charge on any atom is -0.481 e. The van der Waals surface area contributed by atoms with Crippen LogP contribution in [0.3, 0.4) is 0 Å². The molecule has 0 radical (unpaired) electrons. The molecule has 170 valence electrons. The summed E-state index contributed by atoms with van der Waals surface area (Å²) in [5, 5.41) is 10.0. The Hall–Kier alpha value is -3.03. The number of nitrogens with zero attached hydrogens (tertiary/aromatic N) is 1. The highest BCUT2D eigenvalue weighted by atomic mass is 32.1. The molecule has 1 fully saturated rings. The maximum atomic E-state index is 14.0. The van der Waals surface area contributed by atoms with Gasteiger partial charge in [-0.25, -0.2) is 4.39 Å². The molecule has 2 heterocycles. The second-order valence-electron chi connectivity index (χ2n) is 8.86. The zero-order valence-corrected chi connectivity index (χ0v) is 19.0. The number of halogens is 1. The van der Waals surface area contributed by atoms with Crippen molar-refractivity contribution in [2.24, 2.45) is 5.41 Å². The highest BCUT2D eigenvalue weighted by Gasteiger charge is 2.50. The fraction of sp³-hybridized carbons (Fsp3) is 0.308. The molecule has 0 saturated carbocycles. The van der Waals surface area contributed by atoms with Crippen molar-refractivity contribution in [2.45, 2.75) is 19.3 Å². The van der Waals surface area contributed by atoms with E-state index in [0.29, 0.717) is 43.9 Å². The van der Waals surface area contributed by atoms with Crippen LogP contribution in [0.4, 0.5) is 4.39 Å². The van der Waals surface area contributed by atoms with E-state index in [2.05, 4.69) is 0 Å². The van der Waals surface area contributed by atoms with Crippen LogP contribution in [-0.4, -0.2) is 48.2 Å². The lowest BCUT2D eigenvalue weighted by molar-refractivity contribution is -0.148. The number of aliphatic carboxylic acids is 1. The van der Waals surface area contributed by atoms with Crippen molar-refractivity contribution < 1.29 is 23.8 Å². The van der Waals surface area contributed by atoms with Gasteiger partial charge in [-0.1, -0.05) is 24.3 Å². The number of rotatable bonds is 4. The predicted molar refractivity (Wildman–Crippen MR) is 124 cm³/mol. The summed E-state index contributed by atoms with van der Waals surface area (Å²) in [6, 6.07) is 15.8. The lowest BCUT2D eigenvalue weighted by Gasteiger charge is -2.28. The van der Waals surface area contributed by atoms with Gasteiger partial charge in [-0.3, -0.25) is 9.59 Å². The van der Waals surface area contributed by atoms with E-state index in [1.165, 1.54) is 12.1 Å². The standard InChI is InChI=1S/C26H24FNO4S/c1-26(25(30)31)15-22-20(23(26)18-3-2-4-19(27)13-18)14-21(33-22)16-5-7-17(8-6-16)24(29)28-9-11-32-12-10-28/h2-8,13-14,23H,9-12,15H2,1H3,(H,30,31)/t23-,26+/m0/s1. The molecular weight excluding hydrogens is 441 g/mol. The average Bonchev–Trinajstić information content (AvgIpc) is 3.34. The number of hydrogen-bond acceptors (Lipinski definition) is 4. The van der Waals surface area contributed by atoms with Gasteiger partial charge in [-0.15, -0.1) is 11.3 Å². The van der Waals surface area contributed by atoms with Crippen molar-refractivity contribution in [3.05, 3.63) is 82.0 Å². The maximum absolute atomic E-state index is 14.0. The van der Waals surface area contributed by atoms with E-state index in [9.17, 15) is 19.1 Å². The summed E-state index contributed by atoms with van der Waals surface area (Å²) in [6.45, 7) is 4.06. The van der Waals surface area contributed by atoms with Crippen molar-refractivity contribution in [3.63, 3.8) is 0 Å². The number of hydrogen-bond donors (Lipinski definition) is 1. The first-order valence-electron chi connectivity index (χ1n) is 11.0. The second kappa shape index (κ2) is 8.39. The van der Waals surface area contributed by atoms with Crippen LogP contribution in [0.25, 0.3) is 10.4 Å². The van der Waals surface area contributed by atoms with Crippen molar-refractivity contribution in [1.29, 1.82) is 0 Å². The summed E-state index contributed by atoms with van der Waals surface area (Å²) >= 11 is 1.57. The third-order valence-corrected chi connectivity index (χ3v) is 7.90. The number of carboxylic acids is 1. The second-order valence-corrected chi connectivity index (χ2v) is 10.00. The molecule has 5 rings (SSSR count). The summed E-state index contributed by atoms with van der Waals surface area (Å²) < 4.78 is 19.3. The normalized spacial score (nSPS) is 22.2. The van der Waals surface area contributed by atoms with Gasteiger partial charge in [0.1, 0.15) is 5.82 Å². The number of carbonyl (C=O) groups excluding carboxylic acids is 1. The molecule has 1 N–H and O–H groups in total. The quantitative estimate of drug-likeness (QED) is 0.601. The molecule has 2 aromatic carbocycles. The van der Waals surface area contributed by atoms with Crippen LogP contribution >= 0.6 is 11.3 Å². The highest BCUT2D eigenvalue weighted by molar-refractivity contribution is 7.15. The van der Waals surface area contributed by atoms with Crippen molar-refractivity contribution >= 4 is 23.2 Å². The molecular formula is C26H24FNO4S. The smallest absolute Gasteiger partial charge is 0.310 e. The Balaban J connectivity index is 1.45. The summed E-state index contributed by atoms with van der Waals surface area (Å²) in [6.07, 6.45) is 0.400. The van der Waals surface area contributed by atoms with Crippen LogP contribution in [0.1, 0.15) is 39.2 Å². The molecule has 1 amide bonds. The zero-order chi connectivity index (χ0) is 23.2. The third-order valence-electron chi connectivity index (χ3n) is 6.70. The fourth-order valence-electron chi connectivity index (χ4n) is 4.91. The van der Waals surface area contributed by atoms with Crippen LogP contribution in [0.5, 0.6) is 0 Å². The van der Waals surface area contributed by atoms with Gasteiger partial charge >= 0.3 is 5.97 Å². The van der Waals surface area contributed by atoms with E-state index >= 15 is 0 Å². The van der Waals surface area contributed by atoms with Crippen LogP contribution in [0, 0.1) is 11.2 Å². The predicted octanol–water partition coefficient (Wildman–Crippen LogP) is 4.81. The summed E-state index contributed by atoms with van der Waals surface area (Å²) in [7, 11) is 0. The fourth-order valence-corrected chi connectivity index (χ4v) is 6.28. The number of ether oxygens (including phenoxy) is 1. The lowest BCUT2D eigenvalue weighted by Crippen LogP contribution is -2.40. The molecule has 2 aliphatic rings. The van der Waals surface area contributed by atoms with Gasteiger partial charge in [-0.05, 0) is 60.4 Å². The summed E-state index contributed by atoms with van der Waals surface area (Å²) in [5.74, 6) is -1.67. The van der Waals surface area contributed by atoms with Gasteiger partial charge in [0.25, 0.3) is 5.91 Å². The monoisotopic (exact) mass is 465 g/mol. The first-order valence-corrected chi connectivity index (χ1v) is 11.8. The summed E-state index contributed by atoms with van der Waals surface area (Å²) in [4.78, 5) is 28.7. The lowest BCUT2D eigenvalue weighted by atomic mass is 9.74. The number of fused-ring (bicyclic) bond motifs is 1. The minimum atomic E-state index is -1.03. The Morgan fingerprint density at radius 1 is 1.12 bits per heavy atom. The Morgan fingerprint density at radius 2 is 1.85 bits per heavy atom. The van der Waals surface area contributed by atoms with Crippen LogP contribution in [-0.2, 0) is 16.0 Å². The molecule has 33 heavy (non-hydrogen) atoms. The molecule has 1 aliphatic carbocycles. The molecule has 7 heteroatoms. The first-order chi connectivity index (χ1) is 15.9. The Morgan fingerprint density at radius 3 is 2.52 bits per heavy atom. The topological polar surface area (TPSA) is 66.8 Å². The van der Waals surface area contributed by atoms with Crippen molar-refractivity contribution in [3.8, 4) is 10.4 Å². The van der Waals surface area contributed by atoms with Crippen molar-refractivity contribution in [1.82, 2.24) is 4.90 Å². The van der Waals surface area contributed by atoms with Gasteiger partial charge in [0, 0.05) is 34.3 Å². The summed E-state index contributed by atoms with van der Waals surface area (Å²) in [5.41, 5.74) is 2.21. The molecule has 0 bridgehead atoms. The molecule has 1 aromatic heterocycles. The van der Waals surface area contributed by atoms with Gasteiger partial charge in [0.15, 0.2) is 0 Å². The zero-order valence-electron chi connectivity index (χ0n) is 18.2. The van der Waals surface area contributed by atoms with E-state index < -0.39 is 17.3 Å². The van der Waals surface area contributed by atoms with E-state index in [1.54, 1.807) is 35.3 Å². The minimum absolute atomic E-state index is 0.00178. The third kappa shape index (κ3) is 3.85. The number of carboxylic acid groups (broad SMARTS) is 1. The Kier molecular flexibility index (Phi) is 5.54. The van der Waals surface area contributed by atoms with Gasteiger partial charge in [-0.2, -0.15) is 0 Å². The molecule has 2 atom stereocenters. The molecule has 1 aliphatic heterocycles. The SMILES string of the molecule is C[C@@]1(C(=O)O)Cc2sc(-c3ccc(C(=O)N4CCOCC4)cc3)cc2[C@@H]1c1cccc(F)c1. The van der Waals surface area contributed by atoms with E-state index in [4.69, 9.17) is 4.74 Å². The largest absolute Gasteiger partial charge is 0.481 e. The Labute approximate surface area is 195 Å². The van der Waals surface area contributed by atoms with E-state index in [0.717, 1.165) is 20.9 Å². The van der Waals surface area contributed by atoms with Crippen LogP contribution in [0.15, 0.2) is 54.6 Å². The van der Waals surface area contributed by atoms with E-state index in [-0.39, 0.29) is 11.7 Å². The molecule has 0 spiro atoms. The molecule has 0 unspecified atom stereocenters. The van der Waals surface area contributed by atoms with E-state index in [1.807, 2.05) is 30.3 Å². The van der Waals surface area contributed by atoms with Gasteiger partial charge < -0.3 is 14.7 Å². The first kappa shape index (κ1) is 21.8. The molecule has 1 saturated heterocycles. The number of morpholine rings is 1. The van der Waals surface area contributed by atoms with Crippen LogP contribution in [0.2, 0.25) is 0 Å². The molecule has 5 nitrogen and oxygen atoms in total. The van der Waals surface area contributed by atoms with Crippen LogP contribution < -0.4 is 0 Å². The maximum Gasteiger partial charge on any atom is 0.310 e.